The summed E-state index contributed by atoms with van der Waals surface area (Å²) in [6.45, 7) is 5.25. The third kappa shape index (κ3) is 4.00. The predicted molar refractivity (Wildman–Crippen MR) is 73.2 cm³/mol. The topological polar surface area (TPSA) is 43.4 Å². The quantitative estimate of drug-likeness (QED) is 0.856. The maximum atomic E-state index is 11.8. The molecule has 0 radical (unpaired) electrons. The lowest BCUT2D eigenvalue weighted by molar-refractivity contribution is 0.337. The summed E-state index contributed by atoms with van der Waals surface area (Å²) in [6, 6.07) is 7.38. The first-order valence-electron chi connectivity index (χ1n) is 5.34. The summed E-state index contributed by atoms with van der Waals surface area (Å²) >= 11 is 3.34. The summed E-state index contributed by atoms with van der Waals surface area (Å²) in [5.74, 6) is 0.689. The molecule has 1 rings (SSSR count). The highest BCUT2D eigenvalue weighted by molar-refractivity contribution is 9.10. The van der Waals surface area contributed by atoms with Crippen LogP contribution in [0.4, 0.5) is 0 Å². The number of ether oxygens (including phenoxy) is 1. The minimum Gasteiger partial charge on any atom is -0.491 e. The molecule has 0 spiro atoms. The van der Waals surface area contributed by atoms with E-state index in [2.05, 4.69) is 15.9 Å². The third-order valence-corrected chi connectivity index (χ3v) is 5.60. The van der Waals surface area contributed by atoms with E-state index in [1.165, 1.54) is 0 Å². The van der Waals surface area contributed by atoms with E-state index in [4.69, 9.17) is 4.74 Å². The molecule has 0 unspecified atom stereocenters. The van der Waals surface area contributed by atoms with Gasteiger partial charge in [-0.2, -0.15) is 0 Å². The Morgan fingerprint density at radius 1 is 1.24 bits per heavy atom. The largest absolute Gasteiger partial charge is 0.491 e. The number of halogens is 1. The smallest absolute Gasteiger partial charge is 0.158 e. The first kappa shape index (κ1) is 14.5. The van der Waals surface area contributed by atoms with Crippen LogP contribution in [0.15, 0.2) is 28.7 Å². The van der Waals surface area contributed by atoms with Gasteiger partial charge in [-0.3, -0.25) is 0 Å². The van der Waals surface area contributed by atoms with Crippen molar-refractivity contribution in [2.45, 2.75) is 25.5 Å². The molecule has 0 heterocycles. The lowest BCUT2D eigenvalue weighted by Crippen LogP contribution is -2.32. The number of benzene rings is 1. The van der Waals surface area contributed by atoms with Crippen LogP contribution in [0.25, 0.3) is 0 Å². The number of para-hydroxylation sites is 1. The summed E-state index contributed by atoms with van der Waals surface area (Å²) in [5.41, 5.74) is 0. The van der Waals surface area contributed by atoms with Gasteiger partial charge in [-0.1, -0.05) is 12.1 Å². The lowest BCUT2D eigenvalue weighted by Gasteiger charge is -2.19. The van der Waals surface area contributed by atoms with E-state index in [0.717, 1.165) is 4.47 Å². The Kier molecular flexibility index (Phi) is 4.61. The second-order valence-electron chi connectivity index (χ2n) is 4.71. The van der Waals surface area contributed by atoms with Crippen LogP contribution in [0.2, 0.25) is 0 Å². The molecule has 0 amide bonds. The van der Waals surface area contributed by atoms with Crippen molar-refractivity contribution in [2.75, 3.05) is 12.4 Å². The molecule has 0 saturated heterocycles. The van der Waals surface area contributed by atoms with E-state index >= 15 is 0 Å². The molecular formula is C12H17BrO3S. The van der Waals surface area contributed by atoms with Gasteiger partial charge in [-0.25, -0.2) is 8.42 Å². The first-order chi connectivity index (χ1) is 7.74. The summed E-state index contributed by atoms with van der Waals surface area (Å²) < 4.78 is 29.2. The maximum Gasteiger partial charge on any atom is 0.158 e. The average Bonchev–Trinajstić information content (AvgIpc) is 2.19. The molecule has 0 aliphatic heterocycles. The van der Waals surface area contributed by atoms with Gasteiger partial charge in [0.2, 0.25) is 0 Å². The van der Waals surface area contributed by atoms with E-state index < -0.39 is 14.6 Å². The Labute approximate surface area is 111 Å². The van der Waals surface area contributed by atoms with E-state index in [-0.39, 0.29) is 12.4 Å². The van der Waals surface area contributed by atoms with Crippen LogP contribution in [0.3, 0.4) is 0 Å². The molecule has 5 heteroatoms. The highest BCUT2D eigenvalue weighted by Gasteiger charge is 2.28. The molecule has 17 heavy (non-hydrogen) atoms. The van der Waals surface area contributed by atoms with Gasteiger partial charge in [-0.15, -0.1) is 0 Å². The molecule has 0 atom stereocenters. The van der Waals surface area contributed by atoms with Crippen LogP contribution in [-0.2, 0) is 9.84 Å². The SMILES string of the molecule is CC(C)(C)S(=O)(=O)CCOc1ccccc1Br. The van der Waals surface area contributed by atoms with Crippen LogP contribution in [0.1, 0.15) is 20.8 Å². The van der Waals surface area contributed by atoms with Crippen molar-refractivity contribution in [3.05, 3.63) is 28.7 Å². The Bertz CT molecular complexity index is 475. The molecule has 1 aromatic carbocycles. The van der Waals surface area contributed by atoms with Crippen LogP contribution in [0.5, 0.6) is 5.75 Å². The summed E-state index contributed by atoms with van der Waals surface area (Å²) in [6.07, 6.45) is 0. The molecule has 0 aromatic heterocycles. The zero-order valence-corrected chi connectivity index (χ0v) is 12.6. The van der Waals surface area contributed by atoms with Gasteiger partial charge < -0.3 is 4.74 Å². The van der Waals surface area contributed by atoms with Crippen LogP contribution < -0.4 is 4.74 Å². The van der Waals surface area contributed by atoms with Gasteiger partial charge in [0.25, 0.3) is 0 Å². The van der Waals surface area contributed by atoms with Gasteiger partial charge in [-0.05, 0) is 48.8 Å². The molecule has 1 aromatic rings. The number of sulfone groups is 1. The molecule has 0 aliphatic rings. The standard InChI is InChI=1S/C12H17BrO3S/c1-12(2,3)17(14,15)9-8-16-11-7-5-4-6-10(11)13/h4-7H,8-9H2,1-3H3. The molecule has 0 bridgehead atoms. The molecule has 0 aliphatic carbocycles. The van der Waals surface area contributed by atoms with Gasteiger partial charge in [0, 0.05) is 0 Å². The van der Waals surface area contributed by atoms with E-state index in [1.807, 2.05) is 18.2 Å². The van der Waals surface area contributed by atoms with Gasteiger partial charge in [0.15, 0.2) is 9.84 Å². The van der Waals surface area contributed by atoms with Crippen LogP contribution in [0, 0.1) is 0 Å². The Morgan fingerprint density at radius 2 is 1.82 bits per heavy atom. The molecule has 0 N–H and O–H groups in total. The van der Waals surface area contributed by atoms with Gasteiger partial charge >= 0.3 is 0 Å². The number of hydrogen-bond acceptors (Lipinski definition) is 3. The Hall–Kier alpha value is -0.550. The van der Waals surface area contributed by atoms with E-state index in [0.29, 0.717) is 5.75 Å². The van der Waals surface area contributed by atoms with E-state index in [1.54, 1.807) is 26.8 Å². The number of hydrogen-bond donors (Lipinski definition) is 0. The fourth-order valence-corrected chi connectivity index (χ4v) is 2.44. The Morgan fingerprint density at radius 3 is 2.35 bits per heavy atom. The highest BCUT2D eigenvalue weighted by atomic mass is 79.9. The van der Waals surface area contributed by atoms with Gasteiger partial charge in [0.05, 0.1) is 15.0 Å². The van der Waals surface area contributed by atoms with Crippen molar-refractivity contribution < 1.29 is 13.2 Å². The van der Waals surface area contributed by atoms with Crippen LogP contribution >= 0.6 is 15.9 Å². The summed E-state index contributed by atoms with van der Waals surface area (Å²) in [4.78, 5) is 0. The summed E-state index contributed by atoms with van der Waals surface area (Å²) in [5, 5.41) is 0. The Balaban J connectivity index is 2.58. The molecule has 0 saturated carbocycles. The molecule has 0 fully saturated rings. The van der Waals surface area contributed by atoms with Crippen molar-refractivity contribution in [3.63, 3.8) is 0 Å². The maximum absolute atomic E-state index is 11.8. The lowest BCUT2D eigenvalue weighted by atomic mass is 10.3. The monoisotopic (exact) mass is 320 g/mol. The fraction of sp³-hybridized carbons (Fsp3) is 0.500. The molecule has 96 valence electrons. The number of rotatable bonds is 4. The predicted octanol–water partition coefficient (Wildman–Crippen LogP) is 3.04. The fourth-order valence-electron chi connectivity index (χ4n) is 1.13. The zero-order chi connectivity index (χ0) is 13.1. The minimum absolute atomic E-state index is 0.0256. The zero-order valence-electron chi connectivity index (χ0n) is 10.2. The van der Waals surface area contributed by atoms with Crippen molar-refractivity contribution in [1.29, 1.82) is 0 Å². The van der Waals surface area contributed by atoms with Crippen molar-refractivity contribution in [1.82, 2.24) is 0 Å². The second kappa shape index (κ2) is 5.40. The van der Waals surface area contributed by atoms with E-state index in [9.17, 15) is 8.42 Å². The normalized spacial score (nSPS) is 12.5. The van der Waals surface area contributed by atoms with Crippen molar-refractivity contribution in [2.24, 2.45) is 0 Å². The average molecular weight is 321 g/mol. The summed E-state index contributed by atoms with van der Waals surface area (Å²) in [7, 11) is -3.12. The first-order valence-corrected chi connectivity index (χ1v) is 7.78. The van der Waals surface area contributed by atoms with Crippen molar-refractivity contribution in [3.8, 4) is 5.75 Å². The third-order valence-electron chi connectivity index (χ3n) is 2.38. The molecular weight excluding hydrogens is 304 g/mol. The van der Waals surface area contributed by atoms with Crippen LogP contribution in [-0.4, -0.2) is 25.5 Å². The second-order valence-corrected chi connectivity index (χ2v) is 8.43. The molecule has 3 nitrogen and oxygen atoms in total. The van der Waals surface area contributed by atoms with Gasteiger partial charge in [0.1, 0.15) is 12.4 Å². The minimum atomic E-state index is -3.12. The van der Waals surface area contributed by atoms with Crippen molar-refractivity contribution >= 4 is 25.8 Å². The highest BCUT2D eigenvalue weighted by Crippen LogP contribution is 2.24.